The van der Waals surface area contributed by atoms with E-state index in [1.807, 2.05) is 36.4 Å². The molecule has 4 aromatic rings. The summed E-state index contributed by atoms with van der Waals surface area (Å²) in [4.78, 5) is 12.5. The molecule has 0 bridgehead atoms. The highest BCUT2D eigenvalue weighted by molar-refractivity contribution is 6.04. The standard InChI is InChI=1S/C20H17N5O3/c1-27-17-9-5-14(11-18(17)28-2)20(26)22-15-6-3-13(4-7-15)16-8-10-19-23-21-12-25(19)24-16/h3-12H,1-2H3,(H,22,26). The maximum absolute atomic E-state index is 12.5. The summed E-state index contributed by atoms with van der Waals surface area (Å²) >= 11 is 0. The van der Waals surface area contributed by atoms with Crippen molar-refractivity contribution < 1.29 is 14.3 Å². The Morgan fingerprint density at radius 3 is 2.50 bits per heavy atom. The lowest BCUT2D eigenvalue weighted by molar-refractivity contribution is 0.102. The molecule has 0 saturated carbocycles. The number of rotatable bonds is 5. The average Bonchev–Trinajstić information content (AvgIpc) is 3.21. The van der Waals surface area contributed by atoms with Crippen LogP contribution in [-0.2, 0) is 0 Å². The fourth-order valence-corrected chi connectivity index (χ4v) is 2.79. The van der Waals surface area contributed by atoms with Crippen molar-refractivity contribution in [1.29, 1.82) is 0 Å². The van der Waals surface area contributed by atoms with Crippen molar-refractivity contribution in [3.05, 3.63) is 66.5 Å². The van der Waals surface area contributed by atoms with Crippen LogP contribution in [-0.4, -0.2) is 39.9 Å². The fourth-order valence-electron chi connectivity index (χ4n) is 2.79. The molecule has 4 rings (SSSR count). The Morgan fingerprint density at radius 2 is 1.75 bits per heavy atom. The minimum absolute atomic E-state index is 0.238. The molecular weight excluding hydrogens is 358 g/mol. The molecule has 0 radical (unpaired) electrons. The van der Waals surface area contributed by atoms with Crippen molar-refractivity contribution >= 4 is 17.2 Å². The molecule has 0 saturated heterocycles. The van der Waals surface area contributed by atoms with Gasteiger partial charge >= 0.3 is 0 Å². The molecule has 1 amide bonds. The molecule has 1 N–H and O–H groups in total. The van der Waals surface area contributed by atoms with Gasteiger partial charge in [0.25, 0.3) is 5.91 Å². The number of amides is 1. The summed E-state index contributed by atoms with van der Waals surface area (Å²) in [6.07, 6.45) is 1.55. The Bertz CT molecular complexity index is 1140. The first kappa shape index (κ1) is 17.5. The summed E-state index contributed by atoms with van der Waals surface area (Å²) in [6.45, 7) is 0. The Balaban J connectivity index is 1.52. The van der Waals surface area contributed by atoms with E-state index in [0.29, 0.717) is 28.4 Å². The normalized spacial score (nSPS) is 10.6. The van der Waals surface area contributed by atoms with Gasteiger partial charge < -0.3 is 14.8 Å². The predicted octanol–water partition coefficient (Wildman–Crippen LogP) is 3.06. The van der Waals surface area contributed by atoms with Crippen LogP contribution in [0.5, 0.6) is 11.5 Å². The van der Waals surface area contributed by atoms with Crippen LogP contribution in [0.4, 0.5) is 5.69 Å². The number of carbonyl (C=O) groups is 1. The van der Waals surface area contributed by atoms with E-state index in [2.05, 4.69) is 20.6 Å². The topological polar surface area (TPSA) is 90.6 Å². The highest BCUT2D eigenvalue weighted by atomic mass is 16.5. The van der Waals surface area contributed by atoms with E-state index < -0.39 is 0 Å². The molecule has 2 heterocycles. The Labute approximate surface area is 160 Å². The molecular formula is C20H17N5O3. The quantitative estimate of drug-likeness (QED) is 0.576. The molecule has 2 aromatic carbocycles. The van der Waals surface area contributed by atoms with Crippen molar-refractivity contribution in [2.45, 2.75) is 0 Å². The SMILES string of the molecule is COc1ccc(C(=O)Nc2ccc(-c3ccc4nncn4n3)cc2)cc1OC. The van der Waals surface area contributed by atoms with Gasteiger partial charge in [0.2, 0.25) is 0 Å². The molecule has 0 aliphatic rings. The average molecular weight is 375 g/mol. The molecule has 0 atom stereocenters. The molecule has 2 aromatic heterocycles. The van der Waals surface area contributed by atoms with Crippen LogP contribution in [0.3, 0.4) is 0 Å². The third-order valence-electron chi connectivity index (χ3n) is 4.25. The number of carbonyl (C=O) groups excluding carboxylic acids is 1. The Morgan fingerprint density at radius 1 is 0.964 bits per heavy atom. The minimum atomic E-state index is -0.238. The van der Waals surface area contributed by atoms with Gasteiger partial charge in [-0.2, -0.15) is 9.61 Å². The maximum Gasteiger partial charge on any atom is 0.255 e. The minimum Gasteiger partial charge on any atom is -0.493 e. The number of hydrogen-bond donors (Lipinski definition) is 1. The van der Waals surface area contributed by atoms with E-state index in [-0.39, 0.29) is 5.91 Å². The van der Waals surface area contributed by atoms with E-state index >= 15 is 0 Å². The highest BCUT2D eigenvalue weighted by Crippen LogP contribution is 2.28. The first-order valence-electron chi connectivity index (χ1n) is 8.49. The number of hydrogen-bond acceptors (Lipinski definition) is 6. The summed E-state index contributed by atoms with van der Waals surface area (Å²) < 4.78 is 12.1. The van der Waals surface area contributed by atoms with Gasteiger partial charge in [0, 0.05) is 16.8 Å². The summed E-state index contributed by atoms with van der Waals surface area (Å²) in [5.74, 6) is 0.833. The van der Waals surface area contributed by atoms with E-state index in [1.165, 1.54) is 7.11 Å². The number of nitrogens with zero attached hydrogens (tertiary/aromatic N) is 4. The van der Waals surface area contributed by atoms with Gasteiger partial charge in [0.15, 0.2) is 17.1 Å². The van der Waals surface area contributed by atoms with E-state index in [0.717, 1.165) is 11.3 Å². The number of fused-ring (bicyclic) bond motifs is 1. The lowest BCUT2D eigenvalue weighted by Crippen LogP contribution is -2.12. The zero-order valence-electron chi connectivity index (χ0n) is 15.3. The van der Waals surface area contributed by atoms with Crippen LogP contribution >= 0.6 is 0 Å². The van der Waals surface area contributed by atoms with Gasteiger partial charge in [-0.25, -0.2) is 0 Å². The number of aromatic nitrogens is 4. The molecule has 0 fully saturated rings. The Kier molecular flexibility index (Phi) is 4.59. The molecule has 0 aliphatic heterocycles. The lowest BCUT2D eigenvalue weighted by atomic mass is 10.1. The molecule has 28 heavy (non-hydrogen) atoms. The van der Waals surface area contributed by atoms with E-state index in [1.54, 1.807) is 36.2 Å². The second-order valence-electron chi connectivity index (χ2n) is 5.95. The molecule has 140 valence electrons. The van der Waals surface area contributed by atoms with Crippen LogP contribution in [0.2, 0.25) is 0 Å². The van der Waals surface area contributed by atoms with E-state index in [9.17, 15) is 4.79 Å². The van der Waals surface area contributed by atoms with Crippen molar-refractivity contribution in [3.8, 4) is 22.8 Å². The summed E-state index contributed by atoms with van der Waals surface area (Å²) in [5.41, 5.74) is 3.53. The zero-order valence-corrected chi connectivity index (χ0v) is 15.3. The van der Waals surface area contributed by atoms with Gasteiger partial charge in [-0.1, -0.05) is 12.1 Å². The fraction of sp³-hybridized carbons (Fsp3) is 0.100. The number of anilines is 1. The summed E-state index contributed by atoms with van der Waals surface area (Å²) in [7, 11) is 3.08. The van der Waals surface area contributed by atoms with E-state index in [4.69, 9.17) is 9.47 Å². The van der Waals surface area contributed by atoms with Crippen LogP contribution in [0.1, 0.15) is 10.4 Å². The van der Waals surface area contributed by atoms with Crippen molar-refractivity contribution in [2.75, 3.05) is 19.5 Å². The van der Waals surface area contributed by atoms with Crippen molar-refractivity contribution in [2.24, 2.45) is 0 Å². The Hall–Kier alpha value is -3.94. The first-order valence-corrected chi connectivity index (χ1v) is 8.49. The second-order valence-corrected chi connectivity index (χ2v) is 5.95. The number of benzene rings is 2. The van der Waals surface area contributed by atoms with Crippen LogP contribution in [0.25, 0.3) is 16.9 Å². The van der Waals surface area contributed by atoms with Crippen LogP contribution in [0.15, 0.2) is 60.9 Å². The predicted molar refractivity (Wildman–Crippen MR) is 104 cm³/mol. The number of nitrogens with one attached hydrogen (secondary N) is 1. The monoisotopic (exact) mass is 375 g/mol. The van der Waals surface area contributed by atoms with Gasteiger partial charge in [0.1, 0.15) is 6.33 Å². The van der Waals surface area contributed by atoms with Gasteiger partial charge in [-0.05, 0) is 42.5 Å². The zero-order chi connectivity index (χ0) is 19.5. The third-order valence-corrected chi connectivity index (χ3v) is 4.25. The molecule has 8 heteroatoms. The van der Waals surface area contributed by atoms with Gasteiger partial charge in [-0.3, -0.25) is 4.79 Å². The smallest absolute Gasteiger partial charge is 0.255 e. The third kappa shape index (κ3) is 3.35. The van der Waals surface area contributed by atoms with Crippen molar-refractivity contribution in [1.82, 2.24) is 19.8 Å². The maximum atomic E-state index is 12.5. The second kappa shape index (κ2) is 7.36. The molecule has 0 aliphatic carbocycles. The van der Waals surface area contributed by atoms with Crippen LogP contribution in [0, 0.1) is 0 Å². The lowest BCUT2D eigenvalue weighted by Gasteiger charge is -2.10. The number of methoxy groups -OCH3 is 2. The summed E-state index contributed by atoms with van der Waals surface area (Å²) in [5, 5.41) is 15.1. The summed E-state index contributed by atoms with van der Waals surface area (Å²) in [6, 6.07) is 16.2. The molecule has 8 nitrogen and oxygen atoms in total. The van der Waals surface area contributed by atoms with Gasteiger partial charge in [0.05, 0.1) is 19.9 Å². The molecule has 0 unspecified atom stereocenters. The van der Waals surface area contributed by atoms with Crippen molar-refractivity contribution in [3.63, 3.8) is 0 Å². The largest absolute Gasteiger partial charge is 0.493 e. The molecule has 0 spiro atoms. The first-order chi connectivity index (χ1) is 13.7. The van der Waals surface area contributed by atoms with Crippen LogP contribution < -0.4 is 14.8 Å². The highest BCUT2D eigenvalue weighted by Gasteiger charge is 2.11. The number of ether oxygens (including phenoxy) is 2. The van der Waals surface area contributed by atoms with Gasteiger partial charge in [-0.15, -0.1) is 10.2 Å².